The van der Waals surface area contributed by atoms with Crippen LogP contribution in [0, 0.1) is 11.6 Å². The van der Waals surface area contributed by atoms with Crippen molar-refractivity contribution in [3.63, 3.8) is 0 Å². The fraction of sp³-hybridized carbons (Fsp3) is 0. The van der Waals surface area contributed by atoms with Crippen LogP contribution in [0.3, 0.4) is 0 Å². The van der Waals surface area contributed by atoms with Gasteiger partial charge in [-0.1, -0.05) is 18.2 Å². The van der Waals surface area contributed by atoms with E-state index in [1.165, 1.54) is 18.3 Å². The topological polar surface area (TPSA) is 95.2 Å². The normalized spacial score (nSPS) is 13.0. The average molecular weight is 368 g/mol. The molecule has 0 saturated carbocycles. The van der Waals surface area contributed by atoms with Crippen molar-refractivity contribution in [1.82, 2.24) is 10.2 Å². The van der Waals surface area contributed by atoms with Gasteiger partial charge in [-0.25, -0.2) is 13.7 Å². The van der Waals surface area contributed by atoms with Crippen LogP contribution in [0.25, 0.3) is 0 Å². The molecule has 0 unspecified atom stereocenters. The molecule has 7 nitrogen and oxygen atoms in total. The number of nitrogens with zero attached hydrogens (tertiary/aromatic N) is 2. The van der Waals surface area contributed by atoms with E-state index >= 15 is 0 Å². The number of aromatic nitrogens is 2. The number of carbonyl (C=O) groups excluding carboxylic acids is 3. The number of rotatable bonds is 3. The van der Waals surface area contributed by atoms with Gasteiger partial charge >= 0.3 is 0 Å². The first-order valence-electron chi connectivity index (χ1n) is 7.76. The molecule has 3 amide bonds. The first-order chi connectivity index (χ1) is 13.0. The fourth-order valence-electron chi connectivity index (χ4n) is 2.83. The predicted molar refractivity (Wildman–Crippen MR) is 90.5 cm³/mol. The molecule has 2 N–H and O–H groups in total. The molecule has 4 rings (SSSR count). The zero-order chi connectivity index (χ0) is 19.1. The number of H-pyrrole nitrogens is 1. The maximum Gasteiger partial charge on any atom is 0.267 e. The van der Waals surface area contributed by atoms with Crippen molar-refractivity contribution < 1.29 is 23.2 Å². The van der Waals surface area contributed by atoms with E-state index in [0.717, 1.165) is 23.1 Å². The number of halogens is 2. The Labute approximate surface area is 150 Å². The number of nitrogens with one attached hydrogen (secondary N) is 2. The van der Waals surface area contributed by atoms with E-state index in [2.05, 4.69) is 15.5 Å². The molecule has 0 fully saturated rings. The van der Waals surface area contributed by atoms with E-state index < -0.39 is 34.9 Å². The van der Waals surface area contributed by atoms with Gasteiger partial charge in [0.25, 0.3) is 17.7 Å². The van der Waals surface area contributed by atoms with Gasteiger partial charge in [-0.15, -0.1) is 0 Å². The van der Waals surface area contributed by atoms with Crippen molar-refractivity contribution in [2.75, 3.05) is 10.2 Å². The minimum Gasteiger partial charge on any atom is -0.317 e. The molecule has 1 aliphatic rings. The van der Waals surface area contributed by atoms with E-state index in [1.807, 2.05) is 0 Å². The van der Waals surface area contributed by atoms with Crippen molar-refractivity contribution in [3.8, 4) is 0 Å². The van der Waals surface area contributed by atoms with Crippen LogP contribution >= 0.6 is 0 Å². The highest BCUT2D eigenvalue weighted by molar-refractivity contribution is 6.35. The van der Waals surface area contributed by atoms with Gasteiger partial charge < -0.3 is 5.32 Å². The molecule has 0 aliphatic carbocycles. The number of imide groups is 1. The molecular formula is C18H10F2N4O3. The minimum atomic E-state index is -1.08. The quantitative estimate of drug-likeness (QED) is 0.695. The van der Waals surface area contributed by atoms with Gasteiger partial charge in [-0.3, -0.25) is 19.5 Å². The smallest absolute Gasteiger partial charge is 0.267 e. The van der Waals surface area contributed by atoms with Crippen molar-refractivity contribution in [2.24, 2.45) is 0 Å². The van der Waals surface area contributed by atoms with Crippen LogP contribution in [0.4, 0.5) is 20.3 Å². The number of fused-ring (bicyclic) bond motifs is 1. The Morgan fingerprint density at radius 2 is 1.56 bits per heavy atom. The summed E-state index contributed by atoms with van der Waals surface area (Å²) >= 11 is 0. The van der Waals surface area contributed by atoms with Gasteiger partial charge in [0, 0.05) is 6.20 Å². The van der Waals surface area contributed by atoms with E-state index in [9.17, 15) is 23.2 Å². The summed E-state index contributed by atoms with van der Waals surface area (Å²) in [5.41, 5.74) is -0.463. The monoisotopic (exact) mass is 368 g/mol. The van der Waals surface area contributed by atoms with Gasteiger partial charge in [-0.2, -0.15) is 5.10 Å². The second-order valence-corrected chi connectivity index (χ2v) is 5.66. The van der Waals surface area contributed by atoms with Crippen LogP contribution in [0.1, 0.15) is 31.1 Å². The SMILES string of the molecule is O=C(Nc1c[nH]nc1N1C(=O)c2ccccc2C1=O)c1c(F)cccc1F. The molecule has 0 atom stereocenters. The maximum atomic E-state index is 13.8. The number of hydrogen-bond donors (Lipinski definition) is 2. The fourth-order valence-corrected chi connectivity index (χ4v) is 2.83. The molecular weight excluding hydrogens is 358 g/mol. The average Bonchev–Trinajstić information content (AvgIpc) is 3.18. The third-order valence-electron chi connectivity index (χ3n) is 4.06. The van der Waals surface area contributed by atoms with Gasteiger partial charge in [0.05, 0.1) is 11.1 Å². The molecule has 2 heterocycles. The predicted octanol–water partition coefficient (Wildman–Crippen LogP) is 2.74. The molecule has 2 aromatic carbocycles. The van der Waals surface area contributed by atoms with E-state index in [0.29, 0.717) is 0 Å². The van der Waals surface area contributed by atoms with Crippen LogP contribution in [-0.2, 0) is 0 Å². The molecule has 0 bridgehead atoms. The number of carbonyl (C=O) groups is 3. The molecule has 0 radical (unpaired) electrons. The van der Waals surface area contributed by atoms with Crippen molar-refractivity contribution in [1.29, 1.82) is 0 Å². The molecule has 27 heavy (non-hydrogen) atoms. The number of anilines is 2. The Bertz CT molecular complexity index is 1050. The summed E-state index contributed by atoms with van der Waals surface area (Å²) in [7, 11) is 0. The molecule has 0 spiro atoms. The van der Waals surface area contributed by atoms with Crippen LogP contribution in [0.2, 0.25) is 0 Å². The minimum absolute atomic E-state index is 0.0721. The Morgan fingerprint density at radius 1 is 0.963 bits per heavy atom. The number of hydrogen-bond acceptors (Lipinski definition) is 4. The summed E-state index contributed by atoms with van der Waals surface area (Å²) in [6.45, 7) is 0. The van der Waals surface area contributed by atoms with Gasteiger partial charge in [0.2, 0.25) is 0 Å². The molecule has 134 valence electrons. The lowest BCUT2D eigenvalue weighted by molar-refractivity contribution is 0.0922. The number of benzene rings is 2. The Hall–Kier alpha value is -3.88. The maximum absolute atomic E-state index is 13.8. The molecule has 1 aliphatic heterocycles. The number of aromatic amines is 1. The first kappa shape index (κ1) is 16.6. The summed E-state index contributed by atoms with van der Waals surface area (Å²) in [5, 5.41) is 8.54. The lowest BCUT2D eigenvalue weighted by Crippen LogP contribution is -2.31. The Morgan fingerprint density at radius 3 is 2.15 bits per heavy atom. The van der Waals surface area contributed by atoms with Gasteiger partial charge in [0.1, 0.15) is 22.9 Å². The summed E-state index contributed by atoms with van der Waals surface area (Å²) in [4.78, 5) is 38.1. The molecule has 0 saturated heterocycles. The van der Waals surface area contributed by atoms with Crippen LogP contribution in [-0.4, -0.2) is 27.9 Å². The second kappa shape index (κ2) is 6.13. The third kappa shape index (κ3) is 2.56. The van der Waals surface area contributed by atoms with Crippen LogP contribution in [0.15, 0.2) is 48.7 Å². The zero-order valence-corrected chi connectivity index (χ0v) is 13.5. The van der Waals surface area contributed by atoms with E-state index in [-0.39, 0.29) is 22.6 Å². The highest BCUT2D eigenvalue weighted by atomic mass is 19.1. The molecule has 3 aromatic rings. The lowest BCUT2D eigenvalue weighted by Gasteiger charge is -2.13. The van der Waals surface area contributed by atoms with Crippen molar-refractivity contribution >= 4 is 29.2 Å². The second-order valence-electron chi connectivity index (χ2n) is 5.66. The Balaban J connectivity index is 1.68. The highest BCUT2D eigenvalue weighted by Gasteiger charge is 2.39. The number of amides is 3. The highest BCUT2D eigenvalue weighted by Crippen LogP contribution is 2.32. The van der Waals surface area contributed by atoms with Crippen molar-refractivity contribution in [3.05, 3.63) is 77.0 Å². The summed E-state index contributed by atoms with van der Waals surface area (Å²) in [6.07, 6.45) is 1.20. The summed E-state index contributed by atoms with van der Waals surface area (Å²) < 4.78 is 27.6. The van der Waals surface area contributed by atoms with E-state index in [4.69, 9.17) is 0 Å². The third-order valence-corrected chi connectivity index (χ3v) is 4.06. The van der Waals surface area contributed by atoms with Crippen LogP contribution in [0.5, 0.6) is 0 Å². The summed E-state index contributed by atoms with van der Waals surface area (Å²) in [5.74, 6) is -4.57. The van der Waals surface area contributed by atoms with E-state index in [1.54, 1.807) is 12.1 Å². The standard InChI is InChI=1S/C18H10F2N4O3/c19-11-6-3-7-12(20)14(11)16(25)22-13-8-21-23-15(13)24-17(26)9-4-1-2-5-10(9)18(24)27/h1-8H,(H,21,23)(H,22,25). The lowest BCUT2D eigenvalue weighted by atomic mass is 10.1. The van der Waals surface area contributed by atoms with Gasteiger partial charge in [-0.05, 0) is 24.3 Å². The Kier molecular flexibility index (Phi) is 3.76. The largest absolute Gasteiger partial charge is 0.317 e. The zero-order valence-electron chi connectivity index (χ0n) is 13.5. The van der Waals surface area contributed by atoms with Gasteiger partial charge in [0.15, 0.2) is 5.82 Å². The van der Waals surface area contributed by atoms with Crippen molar-refractivity contribution in [2.45, 2.75) is 0 Å². The molecule has 9 heteroatoms. The van der Waals surface area contributed by atoms with Crippen LogP contribution < -0.4 is 10.2 Å². The molecule has 1 aromatic heterocycles. The first-order valence-corrected chi connectivity index (χ1v) is 7.76. The summed E-state index contributed by atoms with van der Waals surface area (Å²) in [6, 6.07) is 9.23.